The lowest BCUT2D eigenvalue weighted by Gasteiger charge is -2.08. The molecular weight excluding hydrogens is 320 g/mol. The molecule has 0 bridgehead atoms. The predicted molar refractivity (Wildman–Crippen MR) is 95.3 cm³/mol. The van der Waals surface area contributed by atoms with Crippen molar-refractivity contribution in [1.29, 1.82) is 0 Å². The van der Waals surface area contributed by atoms with Gasteiger partial charge in [0.1, 0.15) is 0 Å². The van der Waals surface area contributed by atoms with Gasteiger partial charge in [-0.15, -0.1) is 0 Å². The molecule has 2 rings (SSSR count). The van der Waals surface area contributed by atoms with Gasteiger partial charge in [0, 0.05) is 23.4 Å². The van der Waals surface area contributed by atoms with Crippen LogP contribution in [-0.2, 0) is 14.3 Å². The number of hydrogen-bond acceptors (Lipinski definition) is 4. The van der Waals surface area contributed by atoms with Crippen LogP contribution < -0.4 is 10.6 Å². The molecule has 2 amide bonds. The molecule has 2 N–H and O–H groups in total. The molecule has 0 atom stereocenters. The van der Waals surface area contributed by atoms with E-state index >= 15 is 0 Å². The van der Waals surface area contributed by atoms with Crippen LogP contribution in [-0.4, -0.2) is 24.4 Å². The number of amides is 2. The molecule has 0 aliphatic carbocycles. The summed E-state index contributed by atoms with van der Waals surface area (Å²) >= 11 is 0. The maximum Gasteiger partial charge on any atom is 0.306 e. The van der Waals surface area contributed by atoms with E-state index in [9.17, 15) is 14.4 Å². The maximum absolute atomic E-state index is 12.3. The van der Waals surface area contributed by atoms with E-state index in [0.717, 1.165) is 0 Å². The second kappa shape index (κ2) is 9.22. The van der Waals surface area contributed by atoms with Crippen molar-refractivity contribution in [2.24, 2.45) is 0 Å². The van der Waals surface area contributed by atoms with Gasteiger partial charge in [0.2, 0.25) is 5.91 Å². The molecule has 0 unspecified atom stereocenters. The topological polar surface area (TPSA) is 84.5 Å². The van der Waals surface area contributed by atoms with Gasteiger partial charge in [0.05, 0.1) is 13.0 Å². The Morgan fingerprint density at radius 1 is 0.880 bits per heavy atom. The fraction of sp³-hybridized carbons (Fsp3) is 0.211. The van der Waals surface area contributed by atoms with Crippen LogP contribution in [0.15, 0.2) is 54.6 Å². The average Bonchev–Trinajstić information content (AvgIpc) is 2.61. The number of anilines is 2. The van der Waals surface area contributed by atoms with Crippen LogP contribution in [0.25, 0.3) is 0 Å². The molecule has 0 aliphatic rings. The van der Waals surface area contributed by atoms with Gasteiger partial charge in [-0.05, 0) is 37.3 Å². The van der Waals surface area contributed by atoms with E-state index in [1.165, 1.54) is 0 Å². The zero-order valence-electron chi connectivity index (χ0n) is 14.0. The lowest BCUT2D eigenvalue weighted by Crippen LogP contribution is -2.16. The Hall–Kier alpha value is -3.15. The van der Waals surface area contributed by atoms with Crippen LogP contribution in [0.1, 0.15) is 30.1 Å². The van der Waals surface area contributed by atoms with Gasteiger partial charge >= 0.3 is 5.97 Å². The Balaban J connectivity index is 1.93. The molecule has 6 nitrogen and oxygen atoms in total. The van der Waals surface area contributed by atoms with Crippen LogP contribution in [0.5, 0.6) is 0 Å². The molecule has 2 aromatic carbocycles. The number of hydrogen-bond donors (Lipinski definition) is 2. The fourth-order valence-electron chi connectivity index (χ4n) is 2.14. The number of benzene rings is 2. The summed E-state index contributed by atoms with van der Waals surface area (Å²) in [7, 11) is 0. The first-order valence-electron chi connectivity index (χ1n) is 8.00. The number of rotatable bonds is 7. The molecule has 0 heterocycles. The zero-order valence-corrected chi connectivity index (χ0v) is 14.0. The third-order valence-electron chi connectivity index (χ3n) is 3.30. The van der Waals surface area contributed by atoms with Gasteiger partial charge in [-0.2, -0.15) is 0 Å². The molecule has 0 spiro atoms. The monoisotopic (exact) mass is 340 g/mol. The second-order valence-corrected chi connectivity index (χ2v) is 5.25. The number of carbonyl (C=O) groups is 3. The highest BCUT2D eigenvalue weighted by molar-refractivity contribution is 6.05. The van der Waals surface area contributed by atoms with Crippen molar-refractivity contribution in [3.8, 4) is 0 Å². The summed E-state index contributed by atoms with van der Waals surface area (Å²) in [6.45, 7) is 2.00. The molecular formula is C19H20N2O4. The maximum atomic E-state index is 12.3. The van der Waals surface area contributed by atoms with Crippen molar-refractivity contribution in [2.45, 2.75) is 19.8 Å². The summed E-state index contributed by atoms with van der Waals surface area (Å²) in [5.41, 5.74) is 1.61. The minimum atomic E-state index is -0.409. The van der Waals surface area contributed by atoms with Crippen LogP contribution in [0.3, 0.4) is 0 Å². The number of nitrogens with one attached hydrogen (secondary N) is 2. The minimum absolute atomic E-state index is 0.0217. The Bertz CT molecular complexity index is 744. The Morgan fingerprint density at radius 3 is 2.32 bits per heavy atom. The first-order chi connectivity index (χ1) is 12.1. The normalized spacial score (nSPS) is 9.96. The summed E-state index contributed by atoms with van der Waals surface area (Å²) in [5, 5.41) is 5.45. The van der Waals surface area contributed by atoms with Gasteiger partial charge in [-0.1, -0.05) is 24.3 Å². The van der Waals surface area contributed by atoms with Crippen molar-refractivity contribution >= 4 is 29.2 Å². The van der Waals surface area contributed by atoms with Crippen molar-refractivity contribution in [3.63, 3.8) is 0 Å². The third kappa shape index (κ3) is 6.10. The van der Waals surface area contributed by atoms with E-state index in [-0.39, 0.29) is 24.7 Å². The van der Waals surface area contributed by atoms with Gasteiger partial charge in [0.15, 0.2) is 0 Å². The van der Waals surface area contributed by atoms with Crippen molar-refractivity contribution in [3.05, 3.63) is 60.2 Å². The average molecular weight is 340 g/mol. The minimum Gasteiger partial charge on any atom is -0.466 e. The highest BCUT2D eigenvalue weighted by atomic mass is 16.5. The van der Waals surface area contributed by atoms with Crippen LogP contribution in [0.4, 0.5) is 11.4 Å². The van der Waals surface area contributed by atoms with E-state index in [1.54, 1.807) is 43.3 Å². The quantitative estimate of drug-likeness (QED) is 0.758. The second-order valence-electron chi connectivity index (χ2n) is 5.25. The molecule has 130 valence electrons. The van der Waals surface area contributed by atoms with Gasteiger partial charge < -0.3 is 15.4 Å². The number of ether oxygens (including phenoxy) is 1. The van der Waals surface area contributed by atoms with Crippen molar-refractivity contribution < 1.29 is 19.1 Å². The highest BCUT2D eigenvalue weighted by Crippen LogP contribution is 2.14. The third-order valence-corrected chi connectivity index (χ3v) is 3.30. The van der Waals surface area contributed by atoms with E-state index in [2.05, 4.69) is 10.6 Å². The smallest absolute Gasteiger partial charge is 0.306 e. The summed E-state index contributed by atoms with van der Waals surface area (Å²) in [6, 6.07) is 15.7. The molecule has 6 heteroatoms. The number of carbonyl (C=O) groups excluding carboxylic acids is 3. The molecule has 2 aromatic rings. The molecule has 0 saturated carbocycles. The fourth-order valence-corrected chi connectivity index (χ4v) is 2.14. The van der Waals surface area contributed by atoms with E-state index in [4.69, 9.17) is 4.74 Å². The summed E-state index contributed by atoms with van der Waals surface area (Å²) in [4.78, 5) is 35.4. The molecule has 0 saturated heterocycles. The van der Waals surface area contributed by atoms with Crippen LogP contribution >= 0.6 is 0 Å². The summed E-state index contributed by atoms with van der Waals surface area (Å²) in [5.74, 6) is -0.990. The molecule has 0 radical (unpaired) electrons. The Kier molecular flexibility index (Phi) is 6.71. The summed E-state index contributed by atoms with van der Waals surface area (Å²) < 4.78 is 4.78. The number of esters is 1. The number of para-hydroxylation sites is 1. The zero-order chi connectivity index (χ0) is 18.1. The van der Waals surface area contributed by atoms with Crippen LogP contribution in [0, 0.1) is 0 Å². The SMILES string of the molecule is CCOC(=O)CCC(=O)Nc1cccc(C(=O)Nc2ccccc2)c1. The molecule has 25 heavy (non-hydrogen) atoms. The van der Waals surface area contributed by atoms with E-state index < -0.39 is 5.97 Å². The van der Waals surface area contributed by atoms with Crippen LogP contribution in [0.2, 0.25) is 0 Å². The predicted octanol–water partition coefficient (Wildman–Crippen LogP) is 3.22. The molecule has 0 aromatic heterocycles. The van der Waals surface area contributed by atoms with Gasteiger partial charge in [-0.3, -0.25) is 14.4 Å². The largest absolute Gasteiger partial charge is 0.466 e. The molecule has 0 fully saturated rings. The van der Waals surface area contributed by atoms with E-state index in [1.807, 2.05) is 18.2 Å². The standard InChI is InChI=1S/C19H20N2O4/c1-2-25-18(23)12-11-17(22)20-16-10-6-7-14(13-16)19(24)21-15-8-4-3-5-9-15/h3-10,13H,2,11-12H2,1H3,(H,20,22)(H,21,24). The Morgan fingerprint density at radius 2 is 1.60 bits per heavy atom. The Labute approximate surface area is 146 Å². The van der Waals surface area contributed by atoms with Crippen molar-refractivity contribution in [2.75, 3.05) is 17.2 Å². The lowest BCUT2D eigenvalue weighted by atomic mass is 10.1. The van der Waals surface area contributed by atoms with Gasteiger partial charge in [0.25, 0.3) is 5.91 Å². The lowest BCUT2D eigenvalue weighted by molar-refractivity contribution is -0.144. The first kappa shape index (κ1) is 18.2. The van der Waals surface area contributed by atoms with E-state index in [0.29, 0.717) is 23.5 Å². The molecule has 0 aliphatic heterocycles. The van der Waals surface area contributed by atoms with Gasteiger partial charge in [-0.25, -0.2) is 0 Å². The highest BCUT2D eigenvalue weighted by Gasteiger charge is 2.10. The van der Waals surface area contributed by atoms with Crippen molar-refractivity contribution in [1.82, 2.24) is 0 Å². The summed E-state index contributed by atoms with van der Waals surface area (Å²) in [6.07, 6.45) is 0.0487. The first-order valence-corrected chi connectivity index (χ1v) is 8.00.